The Kier molecular flexibility index (Phi) is 12.4. The van der Waals surface area contributed by atoms with Crippen molar-refractivity contribution in [3.05, 3.63) is 346 Å². The molecule has 23 rings (SSSR count). The fourth-order valence-electron chi connectivity index (χ4n) is 17.1. The first-order valence-electron chi connectivity index (χ1n) is 36.1. The fourth-order valence-corrected chi connectivity index (χ4v) is 17.1. The highest BCUT2D eigenvalue weighted by atomic mass is 16.3. The van der Waals surface area contributed by atoms with Gasteiger partial charge >= 0.3 is 0 Å². The summed E-state index contributed by atoms with van der Waals surface area (Å²) in [4.78, 5) is 14.9. The number of nitrogens with one attached hydrogen (secondary N) is 1. The normalized spacial score (nSPS) is 12.2. The number of rotatable bonds is 9. The highest BCUT2D eigenvalue weighted by Gasteiger charge is 2.22. The van der Waals surface area contributed by atoms with Crippen LogP contribution in [0, 0.1) is 0 Å². The monoisotopic (exact) mass is 1350 g/mol. The molecule has 1 N–H and O–H groups in total. The van der Waals surface area contributed by atoms with Crippen molar-refractivity contribution in [2.45, 2.75) is 0 Å². The second-order valence-corrected chi connectivity index (χ2v) is 28.1. The van der Waals surface area contributed by atoms with Gasteiger partial charge in [0.2, 0.25) is 0 Å². The molecule has 0 unspecified atom stereocenters. The van der Waals surface area contributed by atoms with Gasteiger partial charge in [0.25, 0.3) is 0 Å². The number of nitrogens with zero attached hydrogens (tertiary/aromatic N) is 5. The molecular weight excluding hydrogens is 1290 g/mol. The second-order valence-electron chi connectivity index (χ2n) is 28.1. The number of hydrogen-bond acceptors (Lipinski definition) is 4. The van der Waals surface area contributed by atoms with Crippen LogP contribution < -0.4 is 0 Å². The van der Waals surface area contributed by atoms with Crippen molar-refractivity contribution in [2.24, 2.45) is 0 Å². The zero-order valence-corrected chi connectivity index (χ0v) is 57.0. The predicted molar refractivity (Wildman–Crippen MR) is 439 cm³/mol. The summed E-state index contributed by atoms with van der Waals surface area (Å²) < 4.78 is 20.0. The number of benzene rings is 16. The molecule has 0 fully saturated rings. The summed E-state index contributed by atoms with van der Waals surface area (Å²) in [5.41, 5.74) is 26.8. The smallest absolute Gasteiger partial charge is 0.160 e. The highest BCUT2D eigenvalue weighted by Crippen LogP contribution is 2.44. The molecule has 8 heteroatoms. The molecular formula is C98H58N6O2. The molecule has 23 aromatic rings. The van der Waals surface area contributed by atoms with Crippen LogP contribution in [0.15, 0.2) is 355 Å². The van der Waals surface area contributed by atoms with Crippen molar-refractivity contribution in [3.63, 3.8) is 0 Å². The Morgan fingerprint density at radius 3 is 1.09 bits per heavy atom. The Morgan fingerprint density at radius 2 is 0.575 bits per heavy atom. The highest BCUT2D eigenvalue weighted by molar-refractivity contribution is 6.15. The topological polar surface area (TPSA) is 82.6 Å². The van der Waals surface area contributed by atoms with Crippen LogP contribution >= 0.6 is 0 Å². The lowest BCUT2D eigenvalue weighted by Gasteiger charge is -2.14. The zero-order chi connectivity index (χ0) is 69.2. The first kappa shape index (κ1) is 58.3. The van der Waals surface area contributed by atoms with Gasteiger partial charge in [-0.3, -0.25) is 0 Å². The Labute approximate surface area is 605 Å². The molecule has 0 aliphatic carbocycles. The number of hydrogen-bond donors (Lipinski definition) is 1. The first-order valence-corrected chi connectivity index (χ1v) is 36.1. The van der Waals surface area contributed by atoms with Crippen LogP contribution in [0.25, 0.3) is 226 Å². The Bertz CT molecular complexity index is 7390. The van der Waals surface area contributed by atoms with Crippen molar-refractivity contribution in [1.29, 1.82) is 0 Å². The van der Waals surface area contributed by atoms with Gasteiger partial charge in [0.05, 0.1) is 44.5 Å². The van der Waals surface area contributed by atoms with E-state index in [2.05, 4.69) is 340 Å². The van der Waals surface area contributed by atoms with E-state index in [0.29, 0.717) is 5.82 Å². The molecule has 0 spiro atoms. The first-order chi connectivity index (χ1) is 52.5. The van der Waals surface area contributed by atoms with Gasteiger partial charge in [-0.15, -0.1) is 0 Å². The number of H-pyrrole nitrogens is 1. The maximum atomic E-state index is 6.43. The minimum Gasteiger partial charge on any atom is -0.456 e. The van der Waals surface area contributed by atoms with E-state index in [4.69, 9.17) is 18.8 Å². The molecule has 0 atom stereocenters. The molecule has 0 saturated carbocycles. The summed E-state index contributed by atoms with van der Waals surface area (Å²) in [6.07, 6.45) is 0. The molecule has 106 heavy (non-hydrogen) atoms. The van der Waals surface area contributed by atoms with Gasteiger partial charge in [-0.1, -0.05) is 212 Å². The molecule has 0 aliphatic rings. The maximum Gasteiger partial charge on any atom is 0.160 e. The number of fused-ring (bicyclic) bond motifs is 19. The van der Waals surface area contributed by atoms with E-state index in [1.807, 2.05) is 24.3 Å². The van der Waals surface area contributed by atoms with Gasteiger partial charge < -0.3 is 27.5 Å². The van der Waals surface area contributed by atoms with Crippen LogP contribution in [-0.4, -0.2) is 28.7 Å². The zero-order valence-electron chi connectivity index (χ0n) is 57.0. The van der Waals surface area contributed by atoms with E-state index in [1.54, 1.807) is 0 Å². The van der Waals surface area contributed by atoms with Crippen molar-refractivity contribution >= 4 is 142 Å². The molecule has 0 radical (unpaired) electrons. The van der Waals surface area contributed by atoms with Crippen molar-refractivity contribution < 1.29 is 8.83 Å². The van der Waals surface area contributed by atoms with Crippen molar-refractivity contribution in [2.75, 3.05) is 0 Å². The summed E-state index contributed by atoms with van der Waals surface area (Å²) in [5.74, 6) is 0.626. The summed E-state index contributed by atoms with van der Waals surface area (Å²) in [7, 11) is 0. The average Bonchev–Trinajstić information content (AvgIpc) is 1.59. The minimum atomic E-state index is 0.626. The maximum absolute atomic E-state index is 6.43. The number of aromatic amines is 1. The van der Waals surface area contributed by atoms with Crippen LogP contribution in [-0.2, 0) is 0 Å². The molecule has 0 bridgehead atoms. The van der Waals surface area contributed by atoms with Crippen LogP contribution in [0.4, 0.5) is 0 Å². The van der Waals surface area contributed by atoms with E-state index in [9.17, 15) is 0 Å². The van der Waals surface area contributed by atoms with Crippen LogP contribution in [0.2, 0.25) is 0 Å². The molecule has 0 saturated heterocycles. The third-order valence-corrected chi connectivity index (χ3v) is 22.2. The number of furan rings is 2. The molecule has 492 valence electrons. The Balaban J connectivity index is 0.666. The van der Waals surface area contributed by atoms with E-state index < -0.39 is 0 Å². The molecule has 8 nitrogen and oxygen atoms in total. The third kappa shape index (κ3) is 9.01. The van der Waals surface area contributed by atoms with Gasteiger partial charge in [0.15, 0.2) is 5.82 Å². The third-order valence-electron chi connectivity index (χ3n) is 22.2. The van der Waals surface area contributed by atoms with Gasteiger partial charge in [0.1, 0.15) is 22.3 Å². The minimum absolute atomic E-state index is 0.626. The van der Waals surface area contributed by atoms with Crippen LogP contribution in [0.1, 0.15) is 0 Å². The van der Waals surface area contributed by atoms with Gasteiger partial charge in [0, 0.05) is 109 Å². The van der Waals surface area contributed by atoms with E-state index in [-0.39, 0.29) is 0 Å². The number of para-hydroxylation sites is 6. The molecule has 7 aromatic heterocycles. The SMILES string of the molecule is c1cc(-c2cc(-c3cccc(-n4c5ccccc5c5ccc(-c6ccc7c(c6)oc6ccccc67)cc54)c3)nc(-c3ccc4cc(-n5c6ccccc6c6ccc(-c7ccc8c(c7)oc7ccccc78)cc65)ccc4c3)n2)cc(-n2c3ccccc3c3ccc(-c4ccc5c(c4)[nH]c4ccccc45)cc32)c1. The Hall–Kier alpha value is -14.3. The summed E-state index contributed by atoms with van der Waals surface area (Å²) in [6, 6.07) is 125. The van der Waals surface area contributed by atoms with Crippen molar-refractivity contribution in [3.8, 4) is 84.3 Å². The largest absolute Gasteiger partial charge is 0.456 e. The van der Waals surface area contributed by atoms with E-state index >= 15 is 0 Å². The average molecular weight is 1350 g/mol. The van der Waals surface area contributed by atoms with Crippen LogP contribution in [0.5, 0.6) is 0 Å². The molecule has 0 amide bonds. The summed E-state index contributed by atoms with van der Waals surface area (Å²) in [6.45, 7) is 0. The summed E-state index contributed by atoms with van der Waals surface area (Å²) >= 11 is 0. The fraction of sp³-hybridized carbons (Fsp3) is 0. The van der Waals surface area contributed by atoms with Gasteiger partial charge in [-0.2, -0.15) is 0 Å². The van der Waals surface area contributed by atoms with Crippen molar-refractivity contribution in [1.82, 2.24) is 28.7 Å². The van der Waals surface area contributed by atoms with Crippen LogP contribution in [0.3, 0.4) is 0 Å². The Morgan fingerprint density at radius 1 is 0.208 bits per heavy atom. The number of aromatic nitrogens is 6. The molecule has 16 aromatic carbocycles. The van der Waals surface area contributed by atoms with Gasteiger partial charge in [-0.25, -0.2) is 9.97 Å². The molecule has 0 aliphatic heterocycles. The summed E-state index contributed by atoms with van der Waals surface area (Å²) in [5, 5.41) is 16.2. The van der Waals surface area contributed by atoms with Gasteiger partial charge in [-0.05, 0) is 178 Å². The van der Waals surface area contributed by atoms with E-state index in [1.165, 1.54) is 43.1 Å². The molecule has 7 heterocycles. The lowest BCUT2D eigenvalue weighted by molar-refractivity contribution is 0.668. The lowest BCUT2D eigenvalue weighted by Crippen LogP contribution is -1.99. The predicted octanol–water partition coefficient (Wildman–Crippen LogP) is 26.4. The quantitative estimate of drug-likeness (QED) is 0.156. The lowest BCUT2D eigenvalue weighted by atomic mass is 10.0. The standard InChI is InChI=1S/C98H58N6O2/c1-7-25-84-72(19-1)73-41-34-60(51-87(73)99-84)61-35-42-77-74-20-2-8-26-88(74)102(91(77)52-61)69-17-13-15-66(49-69)85-57-86(67-16-14-18-70(50-67)103-89-27-9-3-21-75(89)78-43-36-62(53-92(78)103)64-38-45-82-80-23-5-11-29-94(80)105-96(82)55-64)101-98(100-85)68-32-31-59-48-71(40-33-58(59)47-68)104-90-28-10-4-22-76(90)79-44-37-63(54-93(79)104)65-39-46-83-81-24-6-12-30-95(81)106-97(83)56-65/h1-57,99H. The second kappa shape index (κ2) is 22.6. The van der Waals surface area contributed by atoms with E-state index in [0.717, 1.165) is 177 Å².